The van der Waals surface area contributed by atoms with Crippen LogP contribution in [0.3, 0.4) is 0 Å². The Morgan fingerprint density at radius 3 is 1.80 bits per heavy atom. The molecular weight excluding hydrogens is 829 g/mol. The van der Waals surface area contributed by atoms with Gasteiger partial charge in [0.1, 0.15) is 0 Å². The molecule has 0 unspecified atom stereocenters. The maximum Gasteiger partial charge on any atom is 0.164 e. The van der Waals surface area contributed by atoms with E-state index in [0.717, 1.165) is 39.0 Å². The average molecular weight is 863 g/mol. The van der Waals surface area contributed by atoms with E-state index in [1.54, 1.807) is 11.3 Å². The standard InChI is InChI=1S/C59H34N4S2/c1-2-14-36(15-3-1)57-60-58(62-59(61-57)40-26-28-44-43-20-9-11-23-52(43)64-54(44)34-40)39-27-30-50(63-49-22-10-8-19-42(49)47-31-37-16-4-5-17-38(37)33-51(47)63)48(32-39)45-21-12-24-53-55(45)46-29-25-35-13-6-7-18-41(35)56(46)65-53/h1-34H. The summed E-state index contributed by atoms with van der Waals surface area (Å²) in [6.45, 7) is 0. The van der Waals surface area contributed by atoms with Crippen LogP contribution in [0.1, 0.15) is 0 Å². The van der Waals surface area contributed by atoms with Crippen LogP contribution in [0.4, 0.5) is 0 Å². The third-order valence-corrected chi connectivity index (χ3v) is 15.4. The second kappa shape index (κ2) is 14.2. The van der Waals surface area contributed by atoms with E-state index in [1.807, 2.05) is 29.5 Å². The maximum atomic E-state index is 5.34. The number of nitrogens with zero attached hydrogens (tertiary/aromatic N) is 4. The van der Waals surface area contributed by atoms with Crippen LogP contribution in [0.15, 0.2) is 206 Å². The highest BCUT2D eigenvalue weighted by molar-refractivity contribution is 7.27. The SMILES string of the molecule is c1ccc(-c2nc(-c3ccc(-n4c5ccccc5c5cc6ccccc6cc54)c(-c4cccc5sc6c7ccccc7ccc6c45)c3)nc(-c3ccc4c(c3)sc3ccccc34)n2)cc1. The molecule has 14 rings (SSSR count). The Kier molecular flexibility index (Phi) is 7.99. The smallest absolute Gasteiger partial charge is 0.164 e. The zero-order valence-electron chi connectivity index (χ0n) is 34.7. The molecule has 0 amide bonds. The molecule has 4 aromatic heterocycles. The number of fused-ring (bicyclic) bond motifs is 12. The van der Waals surface area contributed by atoms with Gasteiger partial charge in [-0.05, 0) is 81.7 Å². The third kappa shape index (κ3) is 5.71. The minimum absolute atomic E-state index is 0.625. The van der Waals surface area contributed by atoms with Crippen LogP contribution in [0.5, 0.6) is 0 Å². The Morgan fingerprint density at radius 2 is 0.954 bits per heavy atom. The number of rotatable bonds is 5. The van der Waals surface area contributed by atoms with Gasteiger partial charge in [0.15, 0.2) is 17.5 Å². The summed E-state index contributed by atoms with van der Waals surface area (Å²) >= 11 is 3.68. The molecule has 4 nitrogen and oxygen atoms in total. The molecule has 0 N–H and O–H groups in total. The maximum absolute atomic E-state index is 5.34. The highest BCUT2D eigenvalue weighted by atomic mass is 32.1. The number of hydrogen-bond acceptors (Lipinski definition) is 5. The van der Waals surface area contributed by atoms with E-state index in [1.165, 1.54) is 78.2 Å². The van der Waals surface area contributed by atoms with Gasteiger partial charge in [-0.2, -0.15) is 0 Å². The molecule has 0 saturated heterocycles. The Hall–Kier alpha value is -8.03. The number of aromatic nitrogens is 4. The van der Waals surface area contributed by atoms with E-state index in [0.29, 0.717) is 17.5 Å². The summed E-state index contributed by atoms with van der Waals surface area (Å²) in [6, 6.07) is 74.5. The molecule has 4 heterocycles. The van der Waals surface area contributed by atoms with Gasteiger partial charge < -0.3 is 4.57 Å². The Morgan fingerprint density at radius 1 is 0.323 bits per heavy atom. The van der Waals surface area contributed by atoms with Crippen molar-refractivity contribution in [3.05, 3.63) is 206 Å². The summed E-state index contributed by atoms with van der Waals surface area (Å²) in [4.78, 5) is 15.8. The summed E-state index contributed by atoms with van der Waals surface area (Å²) < 4.78 is 7.50. The van der Waals surface area contributed by atoms with Crippen LogP contribution < -0.4 is 0 Å². The fourth-order valence-corrected chi connectivity index (χ4v) is 12.4. The normalized spacial score (nSPS) is 12.0. The molecular formula is C59H34N4S2. The third-order valence-electron chi connectivity index (χ3n) is 13.0. The summed E-state index contributed by atoms with van der Waals surface area (Å²) in [5, 5.41) is 12.4. The highest BCUT2D eigenvalue weighted by Gasteiger charge is 2.22. The van der Waals surface area contributed by atoms with Gasteiger partial charge in [0.05, 0.1) is 16.7 Å². The van der Waals surface area contributed by atoms with Gasteiger partial charge in [0.2, 0.25) is 0 Å². The molecule has 0 bridgehead atoms. The Bertz CT molecular complexity index is 4250. The van der Waals surface area contributed by atoms with Crippen molar-refractivity contribution in [2.75, 3.05) is 0 Å². The van der Waals surface area contributed by atoms with Crippen LogP contribution in [0.25, 0.3) is 135 Å². The van der Waals surface area contributed by atoms with Gasteiger partial charge in [0.25, 0.3) is 0 Å². The molecule has 0 radical (unpaired) electrons. The number of para-hydroxylation sites is 1. The van der Waals surface area contributed by atoms with E-state index >= 15 is 0 Å². The van der Waals surface area contributed by atoms with Crippen molar-refractivity contribution in [3.8, 4) is 51.0 Å². The summed E-state index contributed by atoms with van der Waals surface area (Å²) in [6.07, 6.45) is 0. The lowest BCUT2D eigenvalue weighted by atomic mass is 9.95. The van der Waals surface area contributed by atoms with Gasteiger partial charge >= 0.3 is 0 Å². The molecule has 10 aromatic carbocycles. The van der Waals surface area contributed by atoms with Crippen LogP contribution in [-0.2, 0) is 0 Å². The second-order valence-corrected chi connectivity index (χ2v) is 18.9. The summed E-state index contributed by atoms with van der Waals surface area (Å²) in [5.74, 6) is 1.91. The predicted molar refractivity (Wildman–Crippen MR) is 277 cm³/mol. The largest absolute Gasteiger partial charge is 0.309 e. The van der Waals surface area contributed by atoms with Gasteiger partial charge in [-0.25, -0.2) is 15.0 Å². The van der Waals surface area contributed by atoms with E-state index in [4.69, 9.17) is 15.0 Å². The Balaban J connectivity index is 1.06. The monoisotopic (exact) mass is 862 g/mol. The Labute approximate surface area is 381 Å². The molecule has 0 aliphatic heterocycles. The van der Waals surface area contributed by atoms with Gasteiger partial charge in [0, 0.05) is 73.4 Å². The molecule has 0 aliphatic carbocycles. The van der Waals surface area contributed by atoms with Crippen molar-refractivity contribution < 1.29 is 0 Å². The van der Waals surface area contributed by atoms with Crippen molar-refractivity contribution in [3.63, 3.8) is 0 Å². The van der Waals surface area contributed by atoms with Gasteiger partial charge in [-0.1, -0.05) is 152 Å². The van der Waals surface area contributed by atoms with Gasteiger partial charge in [-0.3, -0.25) is 0 Å². The zero-order valence-corrected chi connectivity index (χ0v) is 36.4. The summed E-state index contributed by atoms with van der Waals surface area (Å²) in [7, 11) is 0. The van der Waals surface area contributed by atoms with E-state index in [2.05, 4.69) is 193 Å². The molecule has 0 atom stereocenters. The fourth-order valence-electron chi connectivity index (χ4n) is 9.99. The molecule has 0 saturated carbocycles. The topological polar surface area (TPSA) is 43.6 Å². The molecule has 0 spiro atoms. The summed E-state index contributed by atoms with van der Waals surface area (Å²) in [5.41, 5.74) is 8.50. The van der Waals surface area contributed by atoms with Crippen molar-refractivity contribution in [1.29, 1.82) is 0 Å². The van der Waals surface area contributed by atoms with Crippen molar-refractivity contribution in [2.24, 2.45) is 0 Å². The highest BCUT2D eigenvalue weighted by Crippen LogP contribution is 2.46. The fraction of sp³-hybridized carbons (Fsp3) is 0. The first-order valence-electron chi connectivity index (χ1n) is 21.8. The van der Waals surface area contributed by atoms with E-state index in [-0.39, 0.29) is 0 Å². The molecule has 0 fully saturated rings. The first kappa shape index (κ1) is 36.5. The molecule has 14 aromatic rings. The minimum Gasteiger partial charge on any atom is -0.309 e. The van der Waals surface area contributed by atoms with Crippen LogP contribution >= 0.6 is 22.7 Å². The zero-order chi connectivity index (χ0) is 42.6. The van der Waals surface area contributed by atoms with Gasteiger partial charge in [-0.15, -0.1) is 22.7 Å². The van der Waals surface area contributed by atoms with Crippen LogP contribution in [0.2, 0.25) is 0 Å². The van der Waals surface area contributed by atoms with E-state index in [9.17, 15) is 0 Å². The number of thiophene rings is 2. The first-order chi connectivity index (χ1) is 32.2. The number of hydrogen-bond donors (Lipinski definition) is 0. The van der Waals surface area contributed by atoms with Crippen LogP contribution in [0, 0.1) is 0 Å². The molecule has 0 aliphatic rings. The second-order valence-electron chi connectivity index (χ2n) is 16.7. The van der Waals surface area contributed by atoms with Crippen LogP contribution in [-0.4, -0.2) is 19.5 Å². The van der Waals surface area contributed by atoms with Crippen molar-refractivity contribution in [1.82, 2.24) is 19.5 Å². The lowest BCUT2D eigenvalue weighted by Crippen LogP contribution is -2.02. The molecule has 65 heavy (non-hydrogen) atoms. The average Bonchev–Trinajstić information content (AvgIpc) is 4.05. The number of benzene rings is 10. The predicted octanol–water partition coefficient (Wildman–Crippen LogP) is 16.7. The van der Waals surface area contributed by atoms with E-state index < -0.39 is 0 Å². The lowest BCUT2D eigenvalue weighted by Gasteiger charge is -2.17. The quantitative estimate of drug-likeness (QED) is 0.173. The first-order valence-corrected chi connectivity index (χ1v) is 23.5. The van der Waals surface area contributed by atoms with Crippen molar-refractivity contribution in [2.45, 2.75) is 0 Å². The molecule has 302 valence electrons. The van der Waals surface area contributed by atoms with Crippen molar-refractivity contribution >= 4 is 106 Å². The molecule has 6 heteroatoms. The minimum atomic E-state index is 0.625. The lowest BCUT2D eigenvalue weighted by molar-refractivity contribution is 1.07.